The number of nitrogens with one attached hydrogen (secondary N) is 1. The Hall–Kier alpha value is -2.23. The molecular formula is C17H21N7OS. The molecule has 3 aromatic heterocycles. The van der Waals surface area contributed by atoms with Gasteiger partial charge in [0.2, 0.25) is 0 Å². The van der Waals surface area contributed by atoms with Crippen molar-refractivity contribution in [1.82, 2.24) is 24.8 Å². The molecule has 0 atom stereocenters. The minimum absolute atomic E-state index is 0.436. The summed E-state index contributed by atoms with van der Waals surface area (Å²) in [6.07, 6.45) is 3.23. The first-order valence-electron chi connectivity index (χ1n) is 8.62. The Morgan fingerprint density at radius 1 is 1.23 bits per heavy atom. The van der Waals surface area contributed by atoms with Crippen LogP contribution in [0.3, 0.4) is 0 Å². The number of ether oxygens (including phenoxy) is 1. The SMILES string of the molecule is Cc1[nH]cnc1CN=Nc1ncnc2c(C)c(CN3CCOCC3)sc12. The first kappa shape index (κ1) is 17.2. The lowest BCUT2D eigenvalue weighted by molar-refractivity contribution is 0.0346. The third kappa shape index (κ3) is 3.50. The highest BCUT2D eigenvalue weighted by atomic mass is 32.1. The van der Waals surface area contributed by atoms with Gasteiger partial charge >= 0.3 is 0 Å². The van der Waals surface area contributed by atoms with Crippen molar-refractivity contribution in [1.29, 1.82) is 0 Å². The first-order chi connectivity index (χ1) is 12.7. The molecule has 0 saturated carbocycles. The van der Waals surface area contributed by atoms with Crippen LogP contribution in [0.15, 0.2) is 22.9 Å². The van der Waals surface area contributed by atoms with E-state index in [-0.39, 0.29) is 0 Å². The highest BCUT2D eigenvalue weighted by molar-refractivity contribution is 7.19. The van der Waals surface area contributed by atoms with Crippen LogP contribution in [0.2, 0.25) is 0 Å². The molecule has 1 N–H and O–H groups in total. The number of imidazole rings is 1. The van der Waals surface area contributed by atoms with Gasteiger partial charge in [0, 0.05) is 30.2 Å². The molecule has 0 bridgehead atoms. The van der Waals surface area contributed by atoms with Crippen molar-refractivity contribution in [3.63, 3.8) is 0 Å². The fraction of sp³-hybridized carbons (Fsp3) is 0.471. The largest absolute Gasteiger partial charge is 0.379 e. The molecule has 1 saturated heterocycles. The Kier molecular flexibility index (Phi) is 5.00. The molecule has 0 spiro atoms. The molecule has 1 aliphatic heterocycles. The van der Waals surface area contributed by atoms with Crippen LogP contribution in [0.4, 0.5) is 5.82 Å². The average Bonchev–Trinajstić information content (AvgIpc) is 3.21. The minimum atomic E-state index is 0.436. The molecule has 1 fully saturated rings. The van der Waals surface area contributed by atoms with Gasteiger partial charge in [-0.25, -0.2) is 15.0 Å². The van der Waals surface area contributed by atoms with Crippen LogP contribution < -0.4 is 0 Å². The number of morpholine rings is 1. The van der Waals surface area contributed by atoms with Gasteiger partial charge in [-0.1, -0.05) is 0 Å². The maximum Gasteiger partial charge on any atom is 0.195 e. The number of hydrogen-bond donors (Lipinski definition) is 1. The third-order valence-corrected chi connectivity index (χ3v) is 5.84. The maximum atomic E-state index is 5.43. The van der Waals surface area contributed by atoms with Crippen LogP contribution in [0.25, 0.3) is 10.2 Å². The smallest absolute Gasteiger partial charge is 0.195 e. The molecule has 26 heavy (non-hydrogen) atoms. The molecule has 3 aromatic rings. The van der Waals surface area contributed by atoms with Gasteiger partial charge in [-0.15, -0.1) is 16.5 Å². The van der Waals surface area contributed by atoms with Crippen molar-refractivity contribution in [2.24, 2.45) is 10.2 Å². The van der Waals surface area contributed by atoms with Crippen LogP contribution in [0, 0.1) is 13.8 Å². The zero-order valence-corrected chi connectivity index (χ0v) is 15.7. The summed E-state index contributed by atoms with van der Waals surface area (Å²) < 4.78 is 6.43. The first-order valence-corrected chi connectivity index (χ1v) is 9.43. The Labute approximate surface area is 155 Å². The zero-order chi connectivity index (χ0) is 17.9. The zero-order valence-electron chi connectivity index (χ0n) is 14.9. The van der Waals surface area contributed by atoms with Crippen molar-refractivity contribution in [2.45, 2.75) is 26.9 Å². The molecule has 0 unspecified atom stereocenters. The second-order valence-corrected chi connectivity index (χ2v) is 7.39. The third-order valence-electron chi connectivity index (χ3n) is 4.57. The normalized spacial score (nSPS) is 16.1. The predicted molar refractivity (Wildman–Crippen MR) is 99.8 cm³/mol. The molecule has 0 radical (unpaired) electrons. The van der Waals surface area contributed by atoms with E-state index in [2.05, 4.69) is 42.0 Å². The number of rotatable bonds is 5. The number of aromatic amines is 1. The maximum absolute atomic E-state index is 5.43. The predicted octanol–water partition coefficient (Wildman–Crippen LogP) is 3.15. The summed E-state index contributed by atoms with van der Waals surface area (Å²) in [6.45, 7) is 8.98. The molecule has 9 heteroatoms. The Morgan fingerprint density at radius 3 is 2.85 bits per heavy atom. The fourth-order valence-corrected chi connectivity index (χ4v) is 4.19. The molecule has 0 aliphatic carbocycles. The van der Waals surface area contributed by atoms with E-state index in [1.54, 1.807) is 24.0 Å². The van der Waals surface area contributed by atoms with Gasteiger partial charge in [-0.3, -0.25) is 4.90 Å². The van der Waals surface area contributed by atoms with Crippen LogP contribution in [-0.2, 0) is 17.8 Å². The molecule has 4 rings (SSSR count). The Balaban J connectivity index is 1.57. The molecule has 8 nitrogen and oxygen atoms in total. The number of aryl methyl sites for hydroxylation is 2. The summed E-state index contributed by atoms with van der Waals surface area (Å²) in [5.74, 6) is 0.629. The van der Waals surface area contributed by atoms with E-state index in [9.17, 15) is 0 Å². The van der Waals surface area contributed by atoms with E-state index >= 15 is 0 Å². The molecular weight excluding hydrogens is 350 g/mol. The van der Waals surface area contributed by atoms with Gasteiger partial charge in [0.25, 0.3) is 0 Å². The highest BCUT2D eigenvalue weighted by Crippen LogP contribution is 2.35. The number of aromatic nitrogens is 4. The fourth-order valence-electron chi connectivity index (χ4n) is 2.96. The summed E-state index contributed by atoms with van der Waals surface area (Å²) in [5.41, 5.74) is 4.09. The van der Waals surface area contributed by atoms with E-state index in [1.165, 1.54) is 10.4 Å². The van der Waals surface area contributed by atoms with Crippen molar-refractivity contribution < 1.29 is 4.74 Å². The number of thiophene rings is 1. The van der Waals surface area contributed by atoms with E-state index in [0.29, 0.717) is 12.4 Å². The van der Waals surface area contributed by atoms with Crippen molar-refractivity contribution in [3.05, 3.63) is 34.5 Å². The monoisotopic (exact) mass is 371 g/mol. The summed E-state index contributed by atoms with van der Waals surface area (Å²) in [6, 6.07) is 0. The van der Waals surface area contributed by atoms with Crippen molar-refractivity contribution in [3.8, 4) is 0 Å². The highest BCUT2D eigenvalue weighted by Gasteiger charge is 2.17. The minimum Gasteiger partial charge on any atom is -0.379 e. The number of H-pyrrole nitrogens is 1. The number of nitrogens with zero attached hydrogens (tertiary/aromatic N) is 6. The topological polar surface area (TPSA) is 91.6 Å². The Bertz CT molecular complexity index is 926. The van der Waals surface area contributed by atoms with Crippen LogP contribution in [0.5, 0.6) is 0 Å². The van der Waals surface area contributed by atoms with Gasteiger partial charge in [-0.05, 0) is 19.4 Å². The number of fused-ring (bicyclic) bond motifs is 1. The summed E-state index contributed by atoms with van der Waals surface area (Å²) in [4.78, 5) is 19.8. The van der Waals surface area contributed by atoms with E-state index in [4.69, 9.17) is 4.74 Å². The molecule has 1 aliphatic rings. The number of azo groups is 1. The van der Waals surface area contributed by atoms with Crippen LogP contribution in [-0.4, -0.2) is 51.1 Å². The standard InChI is InChI=1S/C17H21N7OS/c1-11-14(8-24-3-5-25-6-4-24)26-16-15(11)20-10-21-17(16)23-22-7-13-12(2)18-9-19-13/h9-10H,3-8H2,1-2H3,(H,18,19). The second-order valence-electron chi connectivity index (χ2n) is 6.29. The lowest BCUT2D eigenvalue weighted by Gasteiger charge is -2.26. The summed E-state index contributed by atoms with van der Waals surface area (Å²) in [7, 11) is 0. The van der Waals surface area contributed by atoms with E-state index in [1.807, 2.05) is 6.92 Å². The Morgan fingerprint density at radius 2 is 2.08 bits per heavy atom. The van der Waals surface area contributed by atoms with Gasteiger partial charge in [0.15, 0.2) is 5.82 Å². The van der Waals surface area contributed by atoms with Crippen molar-refractivity contribution in [2.75, 3.05) is 26.3 Å². The van der Waals surface area contributed by atoms with E-state index < -0.39 is 0 Å². The van der Waals surface area contributed by atoms with Crippen LogP contribution in [0.1, 0.15) is 21.8 Å². The molecule has 0 amide bonds. The van der Waals surface area contributed by atoms with E-state index in [0.717, 1.165) is 54.5 Å². The quantitative estimate of drug-likeness (QED) is 0.696. The van der Waals surface area contributed by atoms with Crippen LogP contribution >= 0.6 is 11.3 Å². The van der Waals surface area contributed by atoms with Gasteiger partial charge in [0.1, 0.15) is 12.9 Å². The summed E-state index contributed by atoms with van der Waals surface area (Å²) in [5, 5.41) is 8.63. The second kappa shape index (κ2) is 7.56. The molecule has 0 aromatic carbocycles. The van der Waals surface area contributed by atoms with Gasteiger partial charge in [0.05, 0.1) is 35.5 Å². The number of hydrogen-bond acceptors (Lipinski definition) is 8. The lowest BCUT2D eigenvalue weighted by Crippen LogP contribution is -2.35. The van der Waals surface area contributed by atoms with Gasteiger partial charge in [-0.2, -0.15) is 5.11 Å². The molecule has 4 heterocycles. The lowest BCUT2D eigenvalue weighted by atomic mass is 10.2. The summed E-state index contributed by atoms with van der Waals surface area (Å²) >= 11 is 1.71. The van der Waals surface area contributed by atoms with Crippen molar-refractivity contribution >= 4 is 27.4 Å². The average molecular weight is 371 g/mol. The molecule has 136 valence electrons. The van der Waals surface area contributed by atoms with Gasteiger partial charge < -0.3 is 9.72 Å².